The van der Waals surface area contributed by atoms with E-state index in [1.807, 2.05) is 39.0 Å². The van der Waals surface area contributed by atoms with E-state index in [0.717, 1.165) is 23.6 Å². The molecule has 0 fully saturated rings. The Bertz CT molecular complexity index is 481. The lowest BCUT2D eigenvalue weighted by atomic mass is 10.1. The van der Waals surface area contributed by atoms with Gasteiger partial charge in [-0.3, -0.25) is 0 Å². The summed E-state index contributed by atoms with van der Waals surface area (Å²) >= 11 is 0. The smallest absolute Gasteiger partial charge is 0.111 e. The summed E-state index contributed by atoms with van der Waals surface area (Å²) in [7, 11) is 0. The van der Waals surface area contributed by atoms with Gasteiger partial charge in [0.2, 0.25) is 0 Å². The fourth-order valence-electron chi connectivity index (χ4n) is 1.73. The molecule has 0 saturated carbocycles. The molecule has 2 aromatic rings. The molecule has 0 bridgehead atoms. The SMILES string of the molecule is C/C=C\c1nc(Cc2ccccc2)[nH]c1C.CC. The molecular formula is C16H22N2. The van der Waals surface area contributed by atoms with Gasteiger partial charge in [-0.25, -0.2) is 4.98 Å². The molecule has 0 unspecified atom stereocenters. The summed E-state index contributed by atoms with van der Waals surface area (Å²) in [6.45, 7) is 8.06. The molecule has 2 heteroatoms. The highest BCUT2D eigenvalue weighted by atomic mass is 14.9. The van der Waals surface area contributed by atoms with Crippen molar-refractivity contribution in [3.8, 4) is 0 Å². The predicted molar refractivity (Wildman–Crippen MR) is 78.6 cm³/mol. The predicted octanol–water partition coefficient (Wildman–Crippen LogP) is 4.37. The van der Waals surface area contributed by atoms with Crippen molar-refractivity contribution in [2.24, 2.45) is 0 Å². The lowest BCUT2D eigenvalue weighted by molar-refractivity contribution is 1.02. The van der Waals surface area contributed by atoms with Crippen molar-refractivity contribution in [1.29, 1.82) is 0 Å². The Hall–Kier alpha value is -1.83. The first kappa shape index (κ1) is 14.2. The first-order valence-corrected chi connectivity index (χ1v) is 6.51. The van der Waals surface area contributed by atoms with E-state index < -0.39 is 0 Å². The zero-order valence-electron chi connectivity index (χ0n) is 11.7. The van der Waals surface area contributed by atoms with Gasteiger partial charge in [0.05, 0.1) is 5.69 Å². The van der Waals surface area contributed by atoms with Gasteiger partial charge in [0.15, 0.2) is 0 Å². The zero-order chi connectivity index (χ0) is 13.4. The number of rotatable bonds is 3. The fraction of sp³-hybridized carbons (Fsp3) is 0.312. The average molecular weight is 242 g/mol. The summed E-state index contributed by atoms with van der Waals surface area (Å²) in [5, 5.41) is 0. The first-order valence-electron chi connectivity index (χ1n) is 6.51. The number of hydrogen-bond acceptors (Lipinski definition) is 1. The van der Waals surface area contributed by atoms with Crippen LogP contribution < -0.4 is 0 Å². The quantitative estimate of drug-likeness (QED) is 0.850. The minimum atomic E-state index is 0.860. The van der Waals surface area contributed by atoms with Crippen LogP contribution in [-0.4, -0.2) is 9.97 Å². The fourth-order valence-corrected chi connectivity index (χ4v) is 1.73. The number of aromatic amines is 1. The van der Waals surface area contributed by atoms with Gasteiger partial charge in [0.1, 0.15) is 5.82 Å². The van der Waals surface area contributed by atoms with E-state index in [2.05, 4.69) is 41.2 Å². The van der Waals surface area contributed by atoms with E-state index in [1.165, 1.54) is 5.56 Å². The summed E-state index contributed by atoms with van der Waals surface area (Å²) in [5.74, 6) is 1.02. The van der Waals surface area contributed by atoms with Crippen LogP contribution in [0.25, 0.3) is 6.08 Å². The van der Waals surface area contributed by atoms with E-state index in [9.17, 15) is 0 Å². The van der Waals surface area contributed by atoms with Crippen LogP contribution in [0.2, 0.25) is 0 Å². The Morgan fingerprint density at radius 3 is 2.44 bits per heavy atom. The molecule has 1 aromatic carbocycles. The van der Waals surface area contributed by atoms with Crippen molar-refractivity contribution in [3.05, 3.63) is 59.2 Å². The van der Waals surface area contributed by atoms with Crippen LogP contribution in [0, 0.1) is 6.92 Å². The molecule has 0 amide bonds. The number of benzene rings is 1. The summed E-state index contributed by atoms with van der Waals surface area (Å²) < 4.78 is 0. The van der Waals surface area contributed by atoms with Crippen molar-refractivity contribution in [1.82, 2.24) is 9.97 Å². The van der Waals surface area contributed by atoms with Crippen LogP contribution >= 0.6 is 0 Å². The summed E-state index contributed by atoms with van der Waals surface area (Å²) in [6, 6.07) is 10.4. The van der Waals surface area contributed by atoms with Crippen molar-refractivity contribution >= 4 is 6.08 Å². The number of imidazole rings is 1. The molecule has 2 nitrogen and oxygen atoms in total. The third-order valence-corrected chi connectivity index (χ3v) is 2.51. The van der Waals surface area contributed by atoms with Crippen LogP contribution in [0.3, 0.4) is 0 Å². The van der Waals surface area contributed by atoms with Crippen LogP contribution in [0.1, 0.15) is 43.5 Å². The molecule has 1 aromatic heterocycles. The van der Waals surface area contributed by atoms with E-state index in [0.29, 0.717) is 0 Å². The van der Waals surface area contributed by atoms with E-state index in [-0.39, 0.29) is 0 Å². The normalized spacial score (nSPS) is 10.2. The van der Waals surface area contributed by atoms with Gasteiger partial charge in [-0.15, -0.1) is 0 Å². The lowest BCUT2D eigenvalue weighted by Crippen LogP contribution is -1.90. The highest BCUT2D eigenvalue weighted by Gasteiger charge is 2.04. The van der Waals surface area contributed by atoms with Crippen LogP contribution in [0.5, 0.6) is 0 Å². The third kappa shape index (κ3) is 3.88. The Kier molecular flexibility index (Phi) is 5.92. The summed E-state index contributed by atoms with van der Waals surface area (Å²) in [6.07, 6.45) is 4.90. The Morgan fingerprint density at radius 1 is 1.17 bits per heavy atom. The number of aryl methyl sites for hydroxylation is 1. The number of nitrogens with one attached hydrogen (secondary N) is 1. The van der Waals surface area contributed by atoms with E-state index in [1.54, 1.807) is 0 Å². The molecule has 0 saturated heterocycles. The number of aromatic nitrogens is 2. The monoisotopic (exact) mass is 242 g/mol. The van der Waals surface area contributed by atoms with Gasteiger partial charge in [-0.1, -0.05) is 50.3 Å². The highest BCUT2D eigenvalue weighted by Crippen LogP contribution is 2.11. The van der Waals surface area contributed by atoms with Crippen LogP contribution in [-0.2, 0) is 6.42 Å². The highest BCUT2D eigenvalue weighted by molar-refractivity contribution is 5.47. The van der Waals surface area contributed by atoms with Gasteiger partial charge < -0.3 is 4.98 Å². The first-order chi connectivity index (χ1) is 8.79. The molecule has 2 rings (SSSR count). The second kappa shape index (κ2) is 7.49. The molecule has 0 aliphatic carbocycles. The molecule has 96 valence electrons. The Morgan fingerprint density at radius 2 is 1.83 bits per heavy atom. The summed E-state index contributed by atoms with van der Waals surface area (Å²) in [5.41, 5.74) is 3.45. The minimum absolute atomic E-state index is 0.860. The van der Waals surface area contributed by atoms with Crippen LogP contribution in [0.15, 0.2) is 36.4 Å². The average Bonchev–Trinajstić information content (AvgIpc) is 2.74. The van der Waals surface area contributed by atoms with E-state index in [4.69, 9.17) is 0 Å². The molecule has 1 N–H and O–H groups in total. The molecule has 0 atom stereocenters. The van der Waals surface area contributed by atoms with Crippen molar-refractivity contribution in [2.45, 2.75) is 34.1 Å². The lowest BCUT2D eigenvalue weighted by Gasteiger charge is -1.96. The van der Waals surface area contributed by atoms with Gasteiger partial charge in [-0.05, 0) is 25.5 Å². The number of nitrogens with zero attached hydrogens (tertiary/aromatic N) is 1. The van der Waals surface area contributed by atoms with Gasteiger partial charge >= 0.3 is 0 Å². The largest absolute Gasteiger partial charge is 0.345 e. The van der Waals surface area contributed by atoms with Crippen molar-refractivity contribution in [2.75, 3.05) is 0 Å². The minimum Gasteiger partial charge on any atom is -0.345 e. The maximum absolute atomic E-state index is 4.55. The molecule has 0 aliphatic rings. The van der Waals surface area contributed by atoms with Gasteiger partial charge in [-0.2, -0.15) is 0 Å². The number of H-pyrrole nitrogens is 1. The molecule has 0 aliphatic heterocycles. The van der Waals surface area contributed by atoms with Crippen molar-refractivity contribution < 1.29 is 0 Å². The third-order valence-electron chi connectivity index (χ3n) is 2.51. The van der Waals surface area contributed by atoms with Crippen LogP contribution in [0.4, 0.5) is 0 Å². The number of hydrogen-bond donors (Lipinski definition) is 1. The standard InChI is InChI=1S/C14H16N2.C2H6/c1-3-7-13-11(2)15-14(16-13)10-12-8-5-4-6-9-12;1-2/h3-9H,10H2,1-2H3,(H,15,16);1-2H3/b7-3-;. The van der Waals surface area contributed by atoms with Gasteiger partial charge in [0.25, 0.3) is 0 Å². The molecule has 18 heavy (non-hydrogen) atoms. The maximum Gasteiger partial charge on any atom is 0.111 e. The second-order valence-electron chi connectivity index (χ2n) is 3.86. The Balaban J connectivity index is 0.000000771. The van der Waals surface area contributed by atoms with Crippen molar-refractivity contribution in [3.63, 3.8) is 0 Å². The number of allylic oxidation sites excluding steroid dienone is 1. The topological polar surface area (TPSA) is 28.7 Å². The maximum atomic E-state index is 4.55. The zero-order valence-corrected chi connectivity index (χ0v) is 11.7. The second-order valence-corrected chi connectivity index (χ2v) is 3.86. The molecular weight excluding hydrogens is 220 g/mol. The molecule has 0 radical (unpaired) electrons. The van der Waals surface area contributed by atoms with Gasteiger partial charge in [0, 0.05) is 12.1 Å². The molecule has 1 heterocycles. The Labute approximate surface area is 110 Å². The molecule has 0 spiro atoms. The van der Waals surface area contributed by atoms with E-state index >= 15 is 0 Å². The summed E-state index contributed by atoms with van der Waals surface area (Å²) in [4.78, 5) is 7.87.